The second-order valence-corrected chi connectivity index (χ2v) is 4.29. The highest BCUT2D eigenvalue weighted by Crippen LogP contribution is 2.30. The lowest BCUT2D eigenvalue weighted by atomic mass is 9.90. The number of carbonyl (C=O) groups is 2. The summed E-state index contributed by atoms with van der Waals surface area (Å²) < 4.78 is 10.1. The van der Waals surface area contributed by atoms with Gasteiger partial charge in [0.2, 0.25) is 11.7 Å². The van der Waals surface area contributed by atoms with E-state index in [0.717, 1.165) is 5.57 Å². The molecule has 1 heterocycles. The van der Waals surface area contributed by atoms with Crippen molar-refractivity contribution in [2.45, 2.75) is 26.2 Å². The average molecular weight is 265 g/mol. The van der Waals surface area contributed by atoms with Gasteiger partial charge in [-0.25, -0.2) is 9.78 Å². The molecule has 0 amide bonds. The van der Waals surface area contributed by atoms with Crippen LogP contribution in [0.3, 0.4) is 0 Å². The van der Waals surface area contributed by atoms with Crippen LogP contribution in [-0.2, 0) is 9.53 Å². The number of ether oxygens (including phenoxy) is 1. The lowest BCUT2D eigenvalue weighted by Gasteiger charge is -2.16. The molecule has 1 aliphatic carbocycles. The Labute approximate surface area is 110 Å². The Bertz CT molecular complexity index is 517. The smallest absolute Gasteiger partial charge is 0.375 e. The van der Waals surface area contributed by atoms with Crippen molar-refractivity contribution in [3.05, 3.63) is 23.9 Å². The van der Waals surface area contributed by atoms with Crippen LogP contribution in [0.4, 0.5) is 0 Å². The van der Waals surface area contributed by atoms with Gasteiger partial charge in [-0.2, -0.15) is 0 Å². The summed E-state index contributed by atoms with van der Waals surface area (Å²) in [4.78, 5) is 26.3. The summed E-state index contributed by atoms with van der Waals surface area (Å²) in [5.41, 5.74) is 0.841. The molecule has 1 atom stereocenters. The van der Waals surface area contributed by atoms with Crippen LogP contribution in [0, 0.1) is 5.92 Å². The summed E-state index contributed by atoms with van der Waals surface area (Å²) in [6.45, 7) is 1.99. The molecule has 1 unspecified atom stereocenters. The van der Waals surface area contributed by atoms with Gasteiger partial charge in [-0.1, -0.05) is 6.08 Å². The highest BCUT2D eigenvalue weighted by Gasteiger charge is 2.24. The van der Waals surface area contributed by atoms with Gasteiger partial charge < -0.3 is 14.3 Å². The van der Waals surface area contributed by atoms with Gasteiger partial charge in [0.15, 0.2) is 0 Å². The fourth-order valence-corrected chi connectivity index (χ4v) is 1.97. The first-order valence-electron chi connectivity index (χ1n) is 6.17. The molecule has 0 saturated carbocycles. The number of carbonyl (C=O) groups excluding carboxylic acids is 1. The molecule has 0 spiro atoms. The largest absolute Gasteiger partial charge is 0.481 e. The van der Waals surface area contributed by atoms with Crippen molar-refractivity contribution >= 4 is 17.5 Å². The molecule has 0 radical (unpaired) electrons. The molecule has 1 N–H and O–H groups in total. The van der Waals surface area contributed by atoms with E-state index in [2.05, 4.69) is 4.98 Å². The predicted molar refractivity (Wildman–Crippen MR) is 65.4 cm³/mol. The number of oxazole rings is 1. The monoisotopic (exact) mass is 265 g/mol. The summed E-state index contributed by atoms with van der Waals surface area (Å²) in [5, 5.41) is 8.90. The molecule has 19 heavy (non-hydrogen) atoms. The Morgan fingerprint density at radius 3 is 2.95 bits per heavy atom. The number of hydrogen-bond acceptors (Lipinski definition) is 5. The van der Waals surface area contributed by atoms with E-state index in [1.165, 1.54) is 6.20 Å². The molecule has 0 saturated heterocycles. The number of aromatic nitrogens is 1. The second kappa shape index (κ2) is 5.69. The van der Waals surface area contributed by atoms with Crippen LogP contribution in [0.25, 0.3) is 5.57 Å². The van der Waals surface area contributed by atoms with Crippen molar-refractivity contribution in [2.24, 2.45) is 5.92 Å². The minimum Gasteiger partial charge on any atom is -0.481 e. The standard InChI is InChI=1S/C13H15NO5/c1-2-18-13(17)10-7-14-11(19-10)8-3-5-9(6-4-8)12(15)16/h3,7,9H,2,4-6H2,1H3,(H,15,16). The van der Waals surface area contributed by atoms with Crippen LogP contribution in [-0.4, -0.2) is 28.6 Å². The second-order valence-electron chi connectivity index (χ2n) is 4.29. The number of hydrogen-bond donors (Lipinski definition) is 1. The van der Waals surface area contributed by atoms with Gasteiger partial charge in [0.05, 0.1) is 18.7 Å². The Kier molecular flexibility index (Phi) is 3.99. The van der Waals surface area contributed by atoms with Crippen molar-refractivity contribution in [3.8, 4) is 0 Å². The van der Waals surface area contributed by atoms with Gasteiger partial charge >= 0.3 is 11.9 Å². The Morgan fingerprint density at radius 1 is 1.58 bits per heavy atom. The molecule has 0 aliphatic heterocycles. The Hall–Kier alpha value is -2.11. The average Bonchev–Trinajstić information content (AvgIpc) is 2.89. The first-order chi connectivity index (χ1) is 9.11. The zero-order valence-corrected chi connectivity index (χ0v) is 10.6. The van der Waals surface area contributed by atoms with E-state index >= 15 is 0 Å². The van der Waals surface area contributed by atoms with Crippen molar-refractivity contribution in [1.82, 2.24) is 4.98 Å². The molecule has 0 fully saturated rings. The molecule has 102 valence electrons. The van der Waals surface area contributed by atoms with Crippen molar-refractivity contribution < 1.29 is 23.8 Å². The molecule has 6 nitrogen and oxygen atoms in total. The van der Waals surface area contributed by atoms with E-state index in [-0.39, 0.29) is 18.3 Å². The van der Waals surface area contributed by atoms with Gasteiger partial charge in [-0.15, -0.1) is 0 Å². The van der Waals surface area contributed by atoms with Crippen LogP contribution < -0.4 is 0 Å². The SMILES string of the molecule is CCOC(=O)c1cnc(C2=CCC(C(=O)O)CC2)o1. The fraction of sp³-hybridized carbons (Fsp3) is 0.462. The summed E-state index contributed by atoms with van der Waals surface area (Å²) >= 11 is 0. The number of aliphatic carboxylic acids is 1. The third kappa shape index (κ3) is 3.01. The lowest BCUT2D eigenvalue weighted by Crippen LogP contribution is -2.15. The molecule has 0 aromatic carbocycles. The highest BCUT2D eigenvalue weighted by molar-refractivity contribution is 5.86. The molecule has 1 aromatic rings. The van der Waals surface area contributed by atoms with Crippen LogP contribution >= 0.6 is 0 Å². The van der Waals surface area contributed by atoms with E-state index in [0.29, 0.717) is 25.2 Å². The third-order valence-corrected chi connectivity index (χ3v) is 3.02. The molecule has 1 aliphatic rings. The Balaban J connectivity index is 2.07. The number of carboxylic acid groups (broad SMARTS) is 1. The quantitative estimate of drug-likeness (QED) is 0.838. The summed E-state index contributed by atoms with van der Waals surface area (Å²) in [5.74, 6) is -1.23. The maximum absolute atomic E-state index is 11.4. The van der Waals surface area contributed by atoms with Crippen molar-refractivity contribution in [2.75, 3.05) is 6.61 Å². The molecule has 2 rings (SSSR count). The zero-order valence-electron chi connectivity index (χ0n) is 10.6. The highest BCUT2D eigenvalue weighted by atomic mass is 16.5. The first-order valence-corrected chi connectivity index (χ1v) is 6.17. The maximum atomic E-state index is 11.4. The van der Waals surface area contributed by atoms with Crippen molar-refractivity contribution in [3.63, 3.8) is 0 Å². The van der Waals surface area contributed by atoms with Crippen LogP contribution in [0.5, 0.6) is 0 Å². The van der Waals surface area contributed by atoms with Gasteiger partial charge in [-0.05, 0) is 26.2 Å². The topological polar surface area (TPSA) is 89.6 Å². The summed E-state index contributed by atoms with van der Waals surface area (Å²) in [7, 11) is 0. The number of carboxylic acids is 1. The minimum atomic E-state index is -0.782. The number of nitrogens with zero attached hydrogens (tertiary/aromatic N) is 1. The number of allylic oxidation sites excluding steroid dienone is 2. The molecular formula is C13H15NO5. The number of esters is 1. The predicted octanol–water partition coefficient (Wildman–Crippen LogP) is 2.12. The van der Waals surface area contributed by atoms with E-state index in [1.807, 2.05) is 6.08 Å². The lowest BCUT2D eigenvalue weighted by molar-refractivity contribution is -0.141. The molecular weight excluding hydrogens is 250 g/mol. The minimum absolute atomic E-state index is 0.0677. The van der Waals surface area contributed by atoms with E-state index < -0.39 is 11.9 Å². The normalized spacial score (nSPS) is 18.8. The molecule has 6 heteroatoms. The molecule has 1 aromatic heterocycles. The summed E-state index contributed by atoms with van der Waals surface area (Å²) in [6, 6.07) is 0. The van der Waals surface area contributed by atoms with E-state index in [9.17, 15) is 9.59 Å². The Morgan fingerprint density at radius 2 is 2.37 bits per heavy atom. The van der Waals surface area contributed by atoms with Crippen molar-refractivity contribution in [1.29, 1.82) is 0 Å². The van der Waals surface area contributed by atoms with Gasteiger partial charge in [-0.3, -0.25) is 4.79 Å². The maximum Gasteiger partial charge on any atom is 0.375 e. The van der Waals surface area contributed by atoms with Crippen LogP contribution in [0.15, 0.2) is 16.7 Å². The van der Waals surface area contributed by atoms with E-state index in [1.54, 1.807) is 6.92 Å². The van der Waals surface area contributed by atoms with Gasteiger partial charge in [0.1, 0.15) is 0 Å². The zero-order chi connectivity index (χ0) is 13.8. The summed E-state index contributed by atoms with van der Waals surface area (Å²) in [6.07, 6.45) is 4.74. The van der Waals surface area contributed by atoms with Gasteiger partial charge in [0, 0.05) is 5.57 Å². The first kappa shape index (κ1) is 13.3. The number of rotatable bonds is 4. The fourth-order valence-electron chi connectivity index (χ4n) is 1.97. The third-order valence-electron chi connectivity index (χ3n) is 3.02. The van der Waals surface area contributed by atoms with Crippen LogP contribution in [0.2, 0.25) is 0 Å². The van der Waals surface area contributed by atoms with Crippen LogP contribution in [0.1, 0.15) is 42.6 Å². The molecule has 0 bridgehead atoms. The van der Waals surface area contributed by atoms with E-state index in [4.69, 9.17) is 14.3 Å². The van der Waals surface area contributed by atoms with Gasteiger partial charge in [0.25, 0.3) is 0 Å².